The molecule has 0 radical (unpaired) electrons. The molecule has 3 heteroatoms. The van der Waals surface area contributed by atoms with Gasteiger partial charge in [-0.2, -0.15) is 0 Å². The third-order valence-electron chi connectivity index (χ3n) is 4.60. The molecule has 0 fully saturated rings. The maximum Gasteiger partial charge on any atom is 0.119 e. The fraction of sp³-hybridized carbons (Fsp3) is 0.391. The van der Waals surface area contributed by atoms with Gasteiger partial charge < -0.3 is 14.8 Å². The van der Waals surface area contributed by atoms with Gasteiger partial charge in [-0.25, -0.2) is 0 Å². The Morgan fingerprint density at radius 3 is 2.58 bits per heavy atom. The third kappa shape index (κ3) is 6.93. The van der Waals surface area contributed by atoms with Crippen LogP contribution in [0.5, 0.6) is 11.5 Å². The fourth-order valence-electron chi connectivity index (χ4n) is 2.90. The number of nitrogens with one attached hydrogen (secondary N) is 1. The molecule has 0 bridgehead atoms. The van der Waals surface area contributed by atoms with Crippen molar-refractivity contribution in [3.63, 3.8) is 0 Å². The number of rotatable bonds is 12. The van der Waals surface area contributed by atoms with Crippen molar-refractivity contribution >= 4 is 0 Å². The molecule has 0 saturated carbocycles. The molecule has 2 aromatic carbocycles. The van der Waals surface area contributed by atoms with Crippen LogP contribution in [0, 0.1) is 5.92 Å². The van der Waals surface area contributed by atoms with Gasteiger partial charge in [0, 0.05) is 6.54 Å². The van der Waals surface area contributed by atoms with E-state index in [9.17, 15) is 0 Å². The fourth-order valence-corrected chi connectivity index (χ4v) is 2.90. The minimum Gasteiger partial charge on any atom is -0.497 e. The lowest BCUT2D eigenvalue weighted by Gasteiger charge is -2.13. The summed E-state index contributed by atoms with van der Waals surface area (Å²) in [4.78, 5) is 0. The first-order chi connectivity index (χ1) is 12.7. The molecular weight excluding hydrogens is 322 g/mol. The predicted octanol–water partition coefficient (Wildman–Crippen LogP) is 5.36. The summed E-state index contributed by atoms with van der Waals surface area (Å²) in [6.07, 6.45) is 5.55. The van der Waals surface area contributed by atoms with Crippen LogP contribution < -0.4 is 14.8 Å². The molecular formula is C23H31NO2. The summed E-state index contributed by atoms with van der Waals surface area (Å²) in [6.45, 7) is 8.56. The van der Waals surface area contributed by atoms with Crippen molar-refractivity contribution in [2.75, 3.05) is 13.7 Å². The molecule has 0 amide bonds. The lowest BCUT2D eigenvalue weighted by Crippen LogP contribution is -2.17. The van der Waals surface area contributed by atoms with Crippen LogP contribution >= 0.6 is 0 Å². The summed E-state index contributed by atoms with van der Waals surface area (Å²) in [7, 11) is 1.68. The second-order valence-corrected chi connectivity index (χ2v) is 6.55. The molecule has 3 nitrogen and oxygen atoms in total. The highest BCUT2D eigenvalue weighted by atomic mass is 16.5. The van der Waals surface area contributed by atoms with Gasteiger partial charge in [-0.05, 0) is 60.7 Å². The van der Waals surface area contributed by atoms with Gasteiger partial charge >= 0.3 is 0 Å². The van der Waals surface area contributed by atoms with E-state index in [-0.39, 0.29) is 0 Å². The van der Waals surface area contributed by atoms with Gasteiger partial charge in [0.05, 0.1) is 7.11 Å². The van der Waals surface area contributed by atoms with Crippen LogP contribution in [0.15, 0.2) is 61.2 Å². The van der Waals surface area contributed by atoms with Crippen molar-refractivity contribution in [3.05, 3.63) is 72.3 Å². The lowest BCUT2D eigenvalue weighted by atomic mass is 9.98. The number of methoxy groups -OCH3 is 1. The normalized spacial score (nSPS) is 11.8. The van der Waals surface area contributed by atoms with Crippen molar-refractivity contribution < 1.29 is 9.47 Å². The number of hydrogen-bond donors (Lipinski definition) is 1. The maximum absolute atomic E-state index is 5.86. The molecule has 0 saturated heterocycles. The van der Waals surface area contributed by atoms with E-state index in [0.717, 1.165) is 42.5 Å². The van der Waals surface area contributed by atoms with Crippen molar-refractivity contribution in [1.82, 2.24) is 5.32 Å². The van der Waals surface area contributed by atoms with Crippen molar-refractivity contribution in [1.29, 1.82) is 0 Å². The second kappa shape index (κ2) is 11.4. The highest BCUT2D eigenvalue weighted by Crippen LogP contribution is 2.17. The van der Waals surface area contributed by atoms with E-state index in [0.29, 0.717) is 6.61 Å². The van der Waals surface area contributed by atoms with E-state index >= 15 is 0 Å². The Balaban J connectivity index is 1.73. The molecule has 2 rings (SSSR count). The molecule has 0 heterocycles. The smallest absolute Gasteiger partial charge is 0.119 e. The van der Waals surface area contributed by atoms with Gasteiger partial charge in [-0.3, -0.25) is 0 Å². The predicted molar refractivity (Wildman–Crippen MR) is 109 cm³/mol. The van der Waals surface area contributed by atoms with Crippen LogP contribution in [0.4, 0.5) is 0 Å². The van der Waals surface area contributed by atoms with Crippen LogP contribution in [-0.2, 0) is 13.2 Å². The van der Waals surface area contributed by atoms with E-state index in [4.69, 9.17) is 9.47 Å². The Kier molecular flexibility index (Phi) is 8.77. The Hall–Kier alpha value is -2.26. The van der Waals surface area contributed by atoms with Gasteiger partial charge in [-0.1, -0.05) is 43.7 Å². The minimum absolute atomic E-state index is 0.538. The van der Waals surface area contributed by atoms with Crippen molar-refractivity contribution in [3.8, 4) is 11.5 Å². The first kappa shape index (κ1) is 20.1. The SMILES string of the molecule is C=CCC(CC)CCNCc1ccc(OCc2cccc(OC)c2)cc1. The van der Waals surface area contributed by atoms with E-state index in [1.807, 2.05) is 42.5 Å². The highest BCUT2D eigenvalue weighted by Gasteiger charge is 2.03. The van der Waals surface area contributed by atoms with Crippen molar-refractivity contribution in [2.24, 2.45) is 5.92 Å². The number of ether oxygens (including phenoxy) is 2. The zero-order valence-corrected chi connectivity index (χ0v) is 16.0. The number of hydrogen-bond acceptors (Lipinski definition) is 3. The Bertz CT molecular complexity index is 652. The largest absolute Gasteiger partial charge is 0.497 e. The zero-order valence-electron chi connectivity index (χ0n) is 16.0. The van der Waals surface area contributed by atoms with Crippen LogP contribution in [0.3, 0.4) is 0 Å². The van der Waals surface area contributed by atoms with Crippen LogP contribution in [0.2, 0.25) is 0 Å². The Morgan fingerprint density at radius 2 is 1.88 bits per heavy atom. The van der Waals surface area contributed by atoms with Crippen LogP contribution in [0.25, 0.3) is 0 Å². The Labute approximate surface area is 158 Å². The topological polar surface area (TPSA) is 30.5 Å². The summed E-state index contributed by atoms with van der Waals surface area (Å²) in [5, 5.41) is 3.53. The van der Waals surface area contributed by atoms with Gasteiger partial charge in [0.25, 0.3) is 0 Å². The monoisotopic (exact) mass is 353 g/mol. The molecule has 0 aliphatic carbocycles. The first-order valence-electron chi connectivity index (χ1n) is 9.41. The average molecular weight is 354 g/mol. The van der Waals surface area contributed by atoms with Gasteiger partial charge in [-0.15, -0.1) is 6.58 Å². The van der Waals surface area contributed by atoms with Gasteiger partial charge in [0.2, 0.25) is 0 Å². The number of benzene rings is 2. The molecule has 2 aromatic rings. The number of allylic oxidation sites excluding steroid dienone is 1. The summed E-state index contributed by atoms with van der Waals surface area (Å²) < 4.78 is 11.1. The highest BCUT2D eigenvalue weighted by molar-refractivity contribution is 5.30. The van der Waals surface area contributed by atoms with E-state index in [2.05, 4.69) is 31.0 Å². The molecule has 140 valence electrons. The van der Waals surface area contributed by atoms with Gasteiger partial charge in [0.1, 0.15) is 18.1 Å². The molecule has 1 unspecified atom stereocenters. The summed E-state index contributed by atoms with van der Waals surface area (Å²) in [5.41, 5.74) is 2.37. The minimum atomic E-state index is 0.538. The molecule has 0 aliphatic rings. The molecule has 1 atom stereocenters. The Morgan fingerprint density at radius 1 is 1.08 bits per heavy atom. The summed E-state index contributed by atoms with van der Waals surface area (Å²) in [6, 6.07) is 16.2. The quantitative estimate of drug-likeness (QED) is 0.412. The molecule has 1 N–H and O–H groups in total. The molecule has 0 spiro atoms. The molecule has 26 heavy (non-hydrogen) atoms. The summed E-state index contributed by atoms with van der Waals surface area (Å²) >= 11 is 0. The lowest BCUT2D eigenvalue weighted by molar-refractivity contribution is 0.305. The second-order valence-electron chi connectivity index (χ2n) is 6.55. The maximum atomic E-state index is 5.86. The zero-order chi connectivity index (χ0) is 18.6. The molecule has 0 aromatic heterocycles. The molecule has 0 aliphatic heterocycles. The third-order valence-corrected chi connectivity index (χ3v) is 4.60. The standard InChI is InChI=1S/C23H31NO2/c1-4-7-19(5-2)14-15-24-17-20-10-12-22(13-11-20)26-18-21-8-6-9-23(16-21)25-3/h4,6,8-13,16,19,24H,1,5,7,14-15,17-18H2,2-3H3. The van der Waals surface area contributed by atoms with Crippen LogP contribution in [0.1, 0.15) is 37.3 Å². The average Bonchev–Trinajstić information content (AvgIpc) is 2.69. The van der Waals surface area contributed by atoms with Crippen LogP contribution in [-0.4, -0.2) is 13.7 Å². The first-order valence-corrected chi connectivity index (χ1v) is 9.41. The summed E-state index contributed by atoms with van der Waals surface area (Å²) in [5.74, 6) is 2.48. The van der Waals surface area contributed by atoms with Crippen molar-refractivity contribution in [2.45, 2.75) is 39.3 Å². The van der Waals surface area contributed by atoms with E-state index < -0.39 is 0 Å². The van der Waals surface area contributed by atoms with E-state index in [1.54, 1.807) is 7.11 Å². The van der Waals surface area contributed by atoms with Gasteiger partial charge in [0.15, 0.2) is 0 Å². The van der Waals surface area contributed by atoms with E-state index in [1.165, 1.54) is 18.4 Å².